The molecule has 1 aliphatic heterocycles. The molecule has 0 aliphatic carbocycles. The molecule has 0 radical (unpaired) electrons. The number of anilines is 1. The van der Waals surface area contributed by atoms with Crippen LogP contribution in [0.2, 0.25) is 0 Å². The quantitative estimate of drug-likeness (QED) is 0.849. The van der Waals surface area contributed by atoms with Crippen LogP contribution in [0.1, 0.15) is 16.8 Å². The summed E-state index contributed by atoms with van der Waals surface area (Å²) in [7, 11) is -1.76. The molecular formula is C13H15NO6S. The predicted molar refractivity (Wildman–Crippen MR) is 75.3 cm³/mol. The van der Waals surface area contributed by atoms with Gasteiger partial charge in [-0.2, -0.15) is 0 Å². The summed E-state index contributed by atoms with van der Waals surface area (Å²) in [5.41, 5.74) is 0.219. The molecule has 1 aromatic rings. The van der Waals surface area contributed by atoms with E-state index in [1.54, 1.807) is 0 Å². The standard InChI is InChI=1S/C13H15NO6S/c1-20-11-3-2-8(13(16)17)6-10(11)14-12(15)9-4-5-21(18,19)7-9/h2-3,6,9H,4-5,7H2,1H3,(H,14,15)(H,16,17). The highest BCUT2D eigenvalue weighted by Crippen LogP contribution is 2.27. The van der Waals surface area contributed by atoms with Crippen molar-refractivity contribution in [2.24, 2.45) is 5.92 Å². The number of carbonyl (C=O) groups is 2. The molecule has 1 aliphatic rings. The minimum absolute atomic E-state index is 0.00259. The van der Waals surface area contributed by atoms with E-state index >= 15 is 0 Å². The number of benzene rings is 1. The number of methoxy groups -OCH3 is 1. The van der Waals surface area contributed by atoms with Gasteiger partial charge in [0.2, 0.25) is 5.91 Å². The molecule has 1 aromatic carbocycles. The molecule has 8 heteroatoms. The highest BCUT2D eigenvalue weighted by molar-refractivity contribution is 7.91. The Labute approximate surface area is 121 Å². The van der Waals surface area contributed by atoms with E-state index < -0.39 is 27.6 Å². The Balaban J connectivity index is 2.20. The van der Waals surface area contributed by atoms with E-state index in [1.165, 1.54) is 25.3 Å². The summed E-state index contributed by atoms with van der Waals surface area (Å²) in [6, 6.07) is 4.07. The summed E-state index contributed by atoms with van der Waals surface area (Å²) in [5.74, 6) is -2.06. The van der Waals surface area contributed by atoms with Gasteiger partial charge in [-0.25, -0.2) is 13.2 Å². The molecular weight excluding hydrogens is 298 g/mol. The Kier molecular flexibility index (Phi) is 4.17. The van der Waals surface area contributed by atoms with Crippen LogP contribution < -0.4 is 10.1 Å². The molecule has 0 aromatic heterocycles. The van der Waals surface area contributed by atoms with Crippen molar-refractivity contribution in [2.45, 2.75) is 6.42 Å². The van der Waals surface area contributed by atoms with E-state index in [2.05, 4.69) is 5.32 Å². The van der Waals surface area contributed by atoms with Crippen LogP contribution in [0.3, 0.4) is 0 Å². The van der Waals surface area contributed by atoms with E-state index in [0.29, 0.717) is 5.75 Å². The summed E-state index contributed by atoms with van der Waals surface area (Å²) < 4.78 is 27.8. The van der Waals surface area contributed by atoms with Gasteiger partial charge in [-0.3, -0.25) is 4.79 Å². The Morgan fingerprint density at radius 2 is 2.10 bits per heavy atom. The summed E-state index contributed by atoms with van der Waals surface area (Å²) in [6.07, 6.45) is 0.273. The van der Waals surface area contributed by atoms with E-state index in [9.17, 15) is 18.0 Å². The number of carboxylic acids is 1. The van der Waals surface area contributed by atoms with Crippen LogP contribution in [0.5, 0.6) is 5.75 Å². The maximum absolute atomic E-state index is 12.1. The third kappa shape index (κ3) is 3.52. The molecule has 0 spiro atoms. The summed E-state index contributed by atoms with van der Waals surface area (Å²) in [5, 5.41) is 11.5. The monoisotopic (exact) mass is 313 g/mol. The third-order valence-electron chi connectivity index (χ3n) is 3.31. The van der Waals surface area contributed by atoms with Crippen molar-refractivity contribution in [1.29, 1.82) is 0 Å². The summed E-state index contributed by atoms with van der Waals surface area (Å²) >= 11 is 0. The number of hydrogen-bond acceptors (Lipinski definition) is 5. The van der Waals surface area contributed by atoms with Gasteiger partial charge in [0.25, 0.3) is 0 Å². The van der Waals surface area contributed by atoms with Crippen molar-refractivity contribution in [3.8, 4) is 5.75 Å². The van der Waals surface area contributed by atoms with Gasteiger partial charge in [0.05, 0.1) is 35.8 Å². The zero-order valence-electron chi connectivity index (χ0n) is 11.3. The maximum atomic E-state index is 12.1. The lowest BCUT2D eigenvalue weighted by molar-refractivity contribution is -0.119. The molecule has 21 heavy (non-hydrogen) atoms. The molecule has 0 saturated carbocycles. The van der Waals surface area contributed by atoms with Crippen LogP contribution in [0.4, 0.5) is 5.69 Å². The lowest BCUT2D eigenvalue weighted by atomic mass is 10.1. The molecule has 1 atom stereocenters. The number of aromatic carboxylic acids is 1. The second kappa shape index (κ2) is 5.72. The van der Waals surface area contributed by atoms with Gasteiger partial charge in [0.15, 0.2) is 9.84 Å². The smallest absolute Gasteiger partial charge is 0.335 e. The molecule has 2 N–H and O–H groups in total. The van der Waals surface area contributed by atoms with E-state index in [-0.39, 0.29) is 29.2 Å². The van der Waals surface area contributed by atoms with Crippen molar-refractivity contribution in [3.05, 3.63) is 23.8 Å². The van der Waals surface area contributed by atoms with Crippen LogP contribution in [0.15, 0.2) is 18.2 Å². The first kappa shape index (κ1) is 15.3. The Hall–Kier alpha value is -2.09. The minimum atomic E-state index is -3.16. The SMILES string of the molecule is COc1ccc(C(=O)O)cc1NC(=O)C1CCS(=O)(=O)C1. The van der Waals surface area contributed by atoms with Gasteiger partial charge in [-0.15, -0.1) is 0 Å². The van der Waals surface area contributed by atoms with Crippen molar-refractivity contribution >= 4 is 27.4 Å². The average molecular weight is 313 g/mol. The Morgan fingerprint density at radius 3 is 2.62 bits per heavy atom. The molecule has 1 amide bonds. The molecule has 0 bridgehead atoms. The lowest BCUT2D eigenvalue weighted by Crippen LogP contribution is -2.24. The number of ether oxygens (including phenoxy) is 1. The minimum Gasteiger partial charge on any atom is -0.495 e. The fourth-order valence-electron chi connectivity index (χ4n) is 2.18. The van der Waals surface area contributed by atoms with Gasteiger partial charge >= 0.3 is 5.97 Å². The fourth-order valence-corrected chi connectivity index (χ4v) is 3.92. The molecule has 1 heterocycles. The van der Waals surface area contributed by atoms with Crippen LogP contribution in [-0.4, -0.2) is 44.0 Å². The topological polar surface area (TPSA) is 110 Å². The lowest BCUT2D eigenvalue weighted by Gasteiger charge is -2.13. The van der Waals surface area contributed by atoms with Crippen LogP contribution in [0.25, 0.3) is 0 Å². The van der Waals surface area contributed by atoms with Crippen molar-refractivity contribution in [3.63, 3.8) is 0 Å². The largest absolute Gasteiger partial charge is 0.495 e. The van der Waals surface area contributed by atoms with Crippen molar-refractivity contribution < 1.29 is 27.9 Å². The molecule has 1 fully saturated rings. The van der Waals surface area contributed by atoms with E-state index in [0.717, 1.165) is 0 Å². The van der Waals surface area contributed by atoms with Gasteiger partial charge < -0.3 is 15.2 Å². The Bertz CT molecular complexity index is 682. The maximum Gasteiger partial charge on any atom is 0.335 e. The van der Waals surface area contributed by atoms with Crippen molar-refractivity contribution in [2.75, 3.05) is 23.9 Å². The second-order valence-electron chi connectivity index (χ2n) is 4.81. The first-order valence-electron chi connectivity index (χ1n) is 6.25. The van der Waals surface area contributed by atoms with E-state index in [1.807, 2.05) is 0 Å². The molecule has 7 nitrogen and oxygen atoms in total. The number of carboxylic acid groups (broad SMARTS) is 1. The van der Waals surface area contributed by atoms with E-state index in [4.69, 9.17) is 9.84 Å². The number of hydrogen-bond donors (Lipinski definition) is 2. The number of rotatable bonds is 4. The predicted octanol–water partition coefficient (Wildman–Crippen LogP) is 0.767. The average Bonchev–Trinajstić information content (AvgIpc) is 2.79. The van der Waals surface area contributed by atoms with Gasteiger partial charge in [0.1, 0.15) is 5.75 Å². The normalized spacial score (nSPS) is 20.0. The summed E-state index contributed by atoms with van der Waals surface area (Å²) in [4.78, 5) is 23.0. The number of nitrogens with one attached hydrogen (secondary N) is 1. The highest BCUT2D eigenvalue weighted by atomic mass is 32.2. The first-order valence-corrected chi connectivity index (χ1v) is 8.07. The van der Waals surface area contributed by atoms with Crippen molar-refractivity contribution in [1.82, 2.24) is 0 Å². The number of carbonyl (C=O) groups excluding carboxylic acids is 1. The fraction of sp³-hybridized carbons (Fsp3) is 0.385. The third-order valence-corrected chi connectivity index (χ3v) is 5.08. The Morgan fingerprint density at radius 1 is 1.38 bits per heavy atom. The second-order valence-corrected chi connectivity index (χ2v) is 7.04. The van der Waals surface area contributed by atoms with Gasteiger partial charge in [-0.05, 0) is 24.6 Å². The van der Waals surface area contributed by atoms with Crippen LogP contribution in [0, 0.1) is 5.92 Å². The highest BCUT2D eigenvalue weighted by Gasteiger charge is 2.33. The molecule has 1 unspecified atom stereocenters. The molecule has 2 rings (SSSR count). The molecule has 1 saturated heterocycles. The number of sulfone groups is 1. The summed E-state index contributed by atoms with van der Waals surface area (Å²) in [6.45, 7) is 0. The van der Waals surface area contributed by atoms with Crippen LogP contribution >= 0.6 is 0 Å². The van der Waals surface area contributed by atoms with Gasteiger partial charge in [-0.1, -0.05) is 0 Å². The zero-order valence-corrected chi connectivity index (χ0v) is 12.1. The first-order chi connectivity index (χ1) is 9.82. The number of amides is 1. The molecule has 114 valence electrons. The zero-order chi connectivity index (χ0) is 15.6. The van der Waals surface area contributed by atoms with Crippen LogP contribution in [-0.2, 0) is 14.6 Å². The van der Waals surface area contributed by atoms with Gasteiger partial charge in [0, 0.05) is 0 Å².